The molecule has 2 heterocycles. The largest absolute Gasteiger partial charge is 0.482 e. The average molecular weight is 335 g/mol. The van der Waals surface area contributed by atoms with Crippen molar-refractivity contribution in [3.63, 3.8) is 0 Å². The molecule has 0 unspecified atom stereocenters. The molecule has 3 aromatic rings. The molecule has 0 saturated heterocycles. The van der Waals surface area contributed by atoms with Crippen LogP contribution in [0.1, 0.15) is 6.92 Å². The van der Waals surface area contributed by atoms with E-state index in [2.05, 4.69) is 10.3 Å². The lowest BCUT2D eigenvalue weighted by Gasteiger charge is -2.31. The summed E-state index contributed by atoms with van der Waals surface area (Å²) in [5.41, 5.74) is 1.67. The SMILES string of the molecule is C[C@@H]1Oc2ccccc2O[C@@H]1C(=O)Nc1ccc(-n2ccnc2)cc1. The quantitative estimate of drug-likeness (QED) is 0.799. The Morgan fingerprint density at radius 1 is 1.08 bits per heavy atom. The van der Waals surface area contributed by atoms with Crippen molar-refractivity contribution in [3.05, 3.63) is 67.3 Å². The molecular formula is C19H17N3O3. The molecule has 0 radical (unpaired) electrons. The summed E-state index contributed by atoms with van der Waals surface area (Å²) >= 11 is 0. The standard InChI is InChI=1S/C19H17N3O3/c1-13-18(25-17-5-3-2-4-16(17)24-13)19(23)21-14-6-8-15(9-7-14)22-11-10-20-12-22/h2-13,18H,1H3,(H,21,23)/t13-,18-/m0/s1. The first-order valence-electron chi connectivity index (χ1n) is 8.02. The molecule has 0 saturated carbocycles. The molecule has 6 heteroatoms. The predicted molar refractivity (Wildman–Crippen MR) is 93.1 cm³/mol. The summed E-state index contributed by atoms with van der Waals surface area (Å²) in [6.45, 7) is 1.82. The maximum absolute atomic E-state index is 12.6. The van der Waals surface area contributed by atoms with E-state index in [-0.39, 0.29) is 12.0 Å². The average Bonchev–Trinajstić information content (AvgIpc) is 3.16. The van der Waals surface area contributed by atoms with E-state index in [0.29, 0.717) is 17.2 Å². The minimum absolute atomic E-state index is 0.239. The fraction of sp³-hybridized carbons (Fsp3) is 0.158. The summed E-state index contributed by atoms with van der Waals surface area (Å²) in [6, 6.07) is 14.9. The molecular weight excluding hydrogens is 318 g/mol. The van der Waals surface area contributed by atoms with Gasteiger partial charge in [-0.05, 0) is 43.3 Å². The zero-order valence-corrected chi connectivity index (χ0v) is 13.6. The zero-order chi connectivity index (χ0) is 17.2. The number of rotatable bonds is 3. The maximum atomic E-state index is 12.6. The van der Waals surface area contributed by atoms with Crippen LogP contribution < -0.4 is 14.8 Å². The molecule has 1 aromatic heterocycles. The Morgan fingerprint density at radius 3 is 2.48 bits per heavy atom. The summed E-state index contributed by atoms with van der Waals surface area (Å²) in [7, 11) is 0. The van der Waals surface area contributed by atoms with Crippen molar-refractivity contribution >= 4 is 11.6 Å². The number of para-hydroxylation sites is 2. The highest BCUT2D eigenvalue weighted by Crippen LogP contribution is 2.33. The second-order valence-electron chi connectivity index (χ2n) is 5.81. The van der Waals surface area contributed by atoms with Gasteiger partial charge in [-0.15, -0.1) is 0 Å². The molecule has 126 valence electrons. The van der Waals surface area contributed by atoms with Gasteiger partial charge in [-0.2, -0.15) is 0 Å². The van der Waals surface area contributed by atoms with Crippen LogP contribution in [0, 0.1) is 0 Å². The van der Waals surface area contributed by atoms with Crippen molar-refractivity contribution < 1.29 is 14.3 Å². The van der Waals surface area contributed by atoms with Crippen LogP contribution in [0.4, 0.5) is 5.69 Å². The Morgan fingerprint density at radius 2 is 1.80 bits per heavy atom. The predicted octanol–water partition coefficient (Wildman–Crippen LogP) is 3.04. The Kier molecular flexibility index (Phi) is 3.85. The number of nitrogens with one attached hydrogen (secondary N) is 1. The molecule has 1 amide bonds. The Bertz CT molecular complexity index is 875. The number of hydrogen-bond acceptors (Lipinski definition) is 4. The highest BCUT2D eigenvalue weighted by atomic mass is 16.6. The lowest BCUT2D eigenvalue weighted by Crippen LogP contribution is -2.46. The van der Waals surface area contributed by atoms with Gasteiger partial charge in [-0.3, -0.25) is 4.79 Å². The molecule has 2 aromatic carbocycles. The topological polar surface area (TPSA) is 65.4 Å². The summed E-state index contributed by atoms with van der Waals surface area (Å²) in [4.78, 5) is 16.6. The lowest BCUT2D eigenvalue weighted by atomic mass is 10.1. The van der Waals surface area contributed by atoms with Gasteiger partial charge >= 0.3 is 0 Å². The van der Waals surface area contributed by atoms with E-state index >= 15 is 0 Å². The van der Waals surface area contributed by atoms with Crippen LogP contribution in [0.25, 0.3) is 5.69 Å². The van der Waals surface area contributed by atoms with E-state index in [4.69, 9.17) is 9.47 Å². The molecule has 1 aliphatic heterocycles. The number of amides is 1. The van der Waals surface area contributed by atoms with Crippen molar-refractivity contribution in [2.75, 3.05) is 5.32 Å². The smallest absolute Gasteiger partial charge is 0.269 e. The van der Waals surface area contributed by atoms with Gasteiger partial charge in [0.05, 0.1) is 6.33 Å². The second kappa shape index (κ2) is 6.32. The maximum Gasteiger partial charge on any atom is 0.269 e. The first-order chi connectivity index (χ1) is 12.2. The number of carbonyl (C=O) groups is 1. The van der Waals surface area contributed by atoms with Crippen molar-refractivity contribution in [1.29, 1.82) is 0 Å². The highest BCUT2D eigenvalue weighted by Gasteiger charge is 2.34. The van der Waals surface area contributed by atoms with Gasteiger partial charge in [0.1, 0.15) is 6.10 Å². The number of anilines is 1. The van der Waals surface area contributed by atoms with Crippen molar-refractivity contribution in [1.82, 2.24) is 9.55 Å². The van der Waals surface area contributed by atoms with Crippen LogP contribution >= 0.6 is 0 Å². The lowest BCUT2D eigenvalue weighted by molar-refractivity contribution is -0.128. The zero-order valence-electron chi connectivity index (χ0n) is 13.6. The molecule has 2 atom stereocenters. The molecule has 0 fully saturated rings. The number of nitrogens with zero attached hydrogens (tertiary/aromatic N) is 2. The number of aromatic nitrogens is 2. The molecule has 6 nitrogen and oxygen atoms in total. The Balaban J connectivity index is 1.47. The molecule has 0 aliphatic carbocycles. The fourth-order valence-electron chi connectivity index (χ4n) is 2.75. The van der Waals surface area contributed by atoms with E-state index in [9.17, 15) is 4.79 Å². The summed E-state index contributed by atoms with van der Waals surface area (Å²) in [6.07, 6.45) is 4.22. The van der Waals surface area contributed by atoms with Gasteiger partial charge in [0, 0.05) is 23.8 Å². The van der Waals surface area contributed by atoms with Crippen LogP contribution in [-0.2, 0) is 4.79 Å². The minimum atomic E-state index is -0.705. The van der Waals surface area contributed by atoms with Gasteiger partial charge < -0.3 is 19.4 Å². The van der Waals surface area contributed by atoms with E-state index in [1.54, 1.807) is 18.6 Å². The van der Waals surface area contributed by atoms with Crippen molar-refractivity contribution in [2.24, 2.45) is 0 Å². The van der Waals surface area contributed by atoms with Gasteiger partial charge in [-0.1, -0.05) is 12.1 Å². The van der Waals surface area contributed by atoms with Gasteiger partial charge in [0.25, 0.3) is 5.91 Å². The summed E-state index contributed by atoms with van der Waals surface area (Å²) in [5.74, 6) is 0.998. The van der Waals surface area contributed by atoms with Crippen molar-refractivity contribution in [3.8, 4) is 17.2 Å². The number of benzene rings is 2. The Labute approximate surface area is 145 Å². The first-order valence-corrected chi connectivity index (χ1v) is 8.02. The third-order valence-corrected chi connectivity index (χ3v) is 4.04. The van der Waals surface area contributed by atoms with E-state index in [1.165, 1.54) is 0 Å². The minimum Gasteiger partial charge on any atom is -0.482 e. The van der Waals surface area contributed by atoms with Crippen molar-refractivity contribution in [2.45, 2.75) is 19.1 Å². The van der Waals surface area contributed by atoms with Crippen LogP contribution in [-0.4, -0.2) is 27.7 Å². The van der Waals surface area contributed by atoms with Crippen LogP contribution in [0.3, 0.4) is 0 Å². The summed E-state index contributed by atoms with van der Waals surface area (Å²) < 4.78 is 13.5. The highest BCUT2D eigenvalue weighted by molar-refractivity contribution is 5.95. The van der Waals surface area contributed by atoms with E-state index < -0.39 is 6.10 Å². The van der Waals surface area contributed by atoms with E-state index in [0.717, 1.165) is 5.69 Å². The second-order valence-corrected chi connectivity index (χ2v) is 5.81. The van der Waals surface area contributed by atoms with Gasteiger partial charge in [-0.25, -0.2) is 4.98 Å². The molecule has 1 N–H and O–H groups in total. The van der Waals surface area contributed by atoms with Crippen LogP contribution in [0.5, 0.6) is 11.5 Å². The number of imidazole rings is 1. The molecule has 0 bridgehead atoms. The molecule has 25 heavy (non-hydrogen) atoms. The van der Waals surface area contributed by atoms with Crippen LogP contribution in [0.2, 0.25) is 0 Å². The third-order valence-electron chi connectivity index (χ3n) is 4.04. The Hall–Kier alpha value is -3.28. The third kappa shape index (κ3) is 3.06. The van der Waals surface area contributed by atoms with Gasteiger partial charge in [0.15, 0.2) is 11.5 Å². The van der Waals surface area contributed by atoms with Crippen LogP contribution in [0.15, 0.2) is 67.3 Å². The van der Waals surface area contributed by atoms with E-state index in [1.807, 2.05) is 60.2 Å². The first kappa shape index (κ1) is 15.3. The fourth-order valence-corrected chi connectivity index (χ4v) is 2.75. The monoisotopic (exact) mass is 335 g/mol. The molecule has 0 spiro atoms. The number of hydrogen-bond donors (Lipinski definition) is 1. The number of fused-ring (bicyclic) bond motifs is 1. The number of carbonyl (C=O) groups excluding carboxylic acids is 1. The normalized spacial score (nSPS) is 18.6. The number of ether oxygens (including phenoxy) is 2. The van der Waals surface area contributed by atoms with Gasteiger partial charge in [0.2, 0.25) is 6.10 Å². The molecule has 4 rings (SSSR count). The molecule has 1 aliphatic rings. The summed E-state index contributed by atoms with van der Waals surface area (Å²) in [5, 5.41) is 2.88.